The van der Waals surface area contributed by atoms with Gasteiger partial charge in [0.05, 0.1) is 11.0 Å². The molecule has 0 aliphatic rings. The Morgan fingerprint density at radius 3 is 2.43 bits per heavy atom. The van der Waals surface area contributed by atoms with E-state index in [1.807, 2.05) is 0 Å². The van der Waals surface area contributed by atoms with Crippen LogP contribution in [0, 0.1) is 28.7 Å². The number of rotatable bonds is 4. The summed E-state index contributed by atoms with van der Waals surface area (Å²) in [6.07, 6.45) is 0. The summed E-state index contributed by atoms with van der Waals surface area (Å²) >= 11 is 0. The molecule has 0 spiro atoms. The maximum absolute atomic E-state index is 13.2. The monoisotopic (exact) mass is 320 g/mol. The van der Waals surface area contributed by atoms with Crippen LogP contribution < -0.4 is 5.32 Å². The first kappa shape index (κ1) is 16.5. The van der Waals surface area contributed by atoms with Gasteiger partial charge in [-0.15, -0.1) is 0 Å². The van der Waals surface area contributed by atoms with Gasteiger partial charge in [-0.1, -0.05) is 6.07 Å². The minimum absolute atomic E-state index is 0.0739. The number of carbonyl (C=O) groups excluding carboxylic acids is 1. The number of nitrogens with one attached hydrogen (secondary N) is 1. The summed E-state index contributed by atoms with van der Waals surface area (Å²) in [5, 5.41) is 13.4. The highest BCUT2D eigenvalue weighted by Crippen LogP contribution is 2.20. The zero-order chi connectivity index (χ0) is 17.1. The molecule has 2 aromatic rings. The van der Waals surface area contributed by atoms with Gasteiger partial charge >= 0.3 is 0 Å². The number of hydrogen-bond donors (Lipinski definition) is 1. The van der Waals surface area contributed by atoms with E-state index in [9.17, 15) is 23.7 Å². The van der Waals surface area contributed by atoms with Gasteiger partial charge in [0, 0.05) is 17.2 Å². The molecule has 1 amide bonds. The lowest BCUT2D eigenvalue weighted by molar-refractivity contribution is -0.385. The van der Waals surface area contributed by atoms with Crippen LogP contribution >= 0.6 is 0 Å². The molecule has 0 bridgehead atoms. The van der Waals surface area contributed by atoms with Crippen molar-refractivity contribution in [2.24, 2.45) is 0 Å². The number of benzene rings is 2. The van der Waals surface area contributed by atoms with Crippen molar-refractivity contribution in [2.45, 2.75) is 19.9 Å². The number of halogens is 2. The van der Waals surface area contributed by atoms with Crippen molar-refractivity contribution in [3.05, 3.63) is 74.8 Å². The molecule has 0 aliphatic carbocycles. The largest absolute Gasteiger partial charge is 0.346 e. The Morgan fingerprint density at radius 2 is 1.87 bits per heavy atom. The van der Waals surface area contributed by atoms with E-state index in [0.29, 0.717) is 11.1 Å². The van der Waals surface area contributed by atoms with Crippen molar-refractivity contribution >= 4 is 11.6 Å². The highest BCUT2D eigenvalue weighted by atomic mass is 19.2. The molecule has 23 heavy (non-hydrogen) atoms. The zero-order valence-corrected chi connectivity index (χ0v) is 12.5. The average molecular weight is 320 g/mol. The van der Waals surface area contributed by atoms with Gasteiger partial charge in [-0.3, -0.25) is 14.9 Å². The van der Waals surface area contributed by atoms with Crippen LogP contribution in [0.1, 0.15) is 34.5 Å². The third-order valence-corrected chi connectivity index (χ3v) is 3.45. The molecule has 0 saturated carbocycles. The van der Waals surface area contributed by atoms with E-state index >= 15 is 0 Å². The van der Waals surface area contributed by atoms with Gasteiger partial charge in [-0.05, 0) is 43.7 Å². The van der Waals surface area contributed by atoms with Crippen molar-refractivity contribution < 1.29 is 18.5 Å². The Hall–Kier alpha value is -2.83. The fourth-order valence-electron chi connectivity index (χ4n) is 2.15. The number of nitrogens with zero attached hydrogens (tertiary/aromatic N) is 1. The lowest BCUT2D eigenvalue weighted by Crippen LogP contribution is -2.26. The normalized spacial score (nSPS) is 11.8. The lowest BCUT2D eigenvalue weighted by atomic mass is 10.1. The summed E-state index contributed by atoms with van der Waals surface area (Å²) < 4.78 is 26.1. The van der Waals surface area contributed by atoms with Crippen LogP contribution in [0.5, 0.6) is 0 Å². The molecule has 1 N–H and O–H groups in total. The number of aryl methyl sites for hydroxylation is 1. The van der Waals surface area contributed by atoms with Crippen molar-refractivity contribution in [3.8, 4) is 0 Å². The molecular formula is C16H14F2N2O3. The van der Waals surface area contributed by atoms with Gasteiger partial charge in [0.1, 0.15) is 0 Å². The first-order valence-electron chi connectivity index (χ1n) is 6.80. The van der Waals surface area contributed by atoms with Gasteiger partial charge in [0.25, 0.3) is 11.6 Å². The minimum Gasteiger partial charge on any atom is -0.346 e. The van der Waals surface area contributed by atoms with E-state index in [-0.39, 0.29) is 11.3 Å². The minimum atomic E-state index is -0.991. The maximum Gasteiger partial charge on any atom is 0.272 e. The molecule has 1 unspecified atom stereocenters. The molecule has 0 saturated heterocycles. The Morgan fingerprint density at radius 1 is 1.17 bits per heavy atom. The summed E-state index contributed by atoms with van der Waals surface area (Å²) in [4.78, 5) is 22.4. The number of nitro benzene ring substituents is 1. The predicted octanol–water partition coefficient (Wildman–Crippen LogP) is 3.67. The first-order chi connectivity index (χ1) is 10.8. The summed E-state index contributed by atoms with van der Waals surface area (Å²) in [6, 6.07) is 6.85. The van der Waals surface area contributed by atoms with Gasteiger partial charge in [0.2, 0.25) is 0 Å². The van der Waals surface area contributed by atoms with Crippen molar-refractivity contribution in [2.75, 3.05) is 0 Å². The molecule has 5 nitrogen and oxygen atoms in total. The summed E-state index contributed by atoms with van der Waals surface area (Å²) in [6.45, 7) is 3.16. The molecule has 0 radical (unpaired) electrons. The average Bonchev–Trinajstić information content (AvgIpc) is 2.49. The second-order valence-electron chi connectivity index (χ2n) is 5.13. The van der Waals surface area contributed by atoms with Crippen LogP contribution in [-0.2, 0) is 0 Å². The molecule has 0 heterocycles. The van der Waals surface area contributed by atoms with Gasteiger partial charge in [-0.2, -0.15) is 0 Å². The van der Waals surface area contributed by atoms with Crippen molar-refractivity contribution in [3.63, 3.8) is 0 Å². The topological polar surface area (TPSA) is 72.2 Å². The highest BCUT2D eigenvalue weighted by Gasteiger charge is 2.16. The zero-order valence-electron chi connectivity index (χ0n) is 12.5. The second-order valence-corrected chi connectivity index (χ2v) is 5.13. The molecular weight excluding hydrogens is 306 g/mol. The van der Waals surface area contributed by atoms with E-state index in [2.05, 4.69) is 5.32 Å². The SMILES string of the molecule is Cc1cc(C(=O)NC(C)c2ccc(F)c(F)c2)ccc1[N+](=O)[O-]. The third kappa shape index (κ3) is 3.68. The first-order valence-corrected chi connectivity index (χ1v) is 6.80. The van der Waals surface area contributed by atoms with Gasteiger partial charge in [-0.25, -0.2) is 8.78 Å². The van der Waals surface area contributed by atoms with Crippen molar-refractivity contribution in [1.29, 1.82) is 0 Å². The van der Waals surface area contributed by atoms with Gasteiger partial charge in [0.15, 0.2) is 11.6 Å². The summed E-state index contributed by atoms with van der Waals surface area (Å²) in [5.41, 5.74) is 0.955. The van der Waals surface area contributed by atoms with Crippen LogP contribution in [0.15, 0.2) is 36.4 Å². The van der Waals surface area contributed by atoms with Crippen LogP contribution in [0.2, 0.25) is 0 Å². The van der Waals surface area contributed by atoms with E-state index in [1.165, 1.54) is 31.2 Å². The number of hydrogen-bond acceptors (Lipinski definition) is 3. The Balaban J connectivity index is 2.16. The van der Waals surface area contributed by atoms with Crippen molar-refractivity contribution in [1.82, 2.24) is 5.32 Å². The highest BCUT2D eigenvalue weighted by molar-refractivity contribution is 5.95. The fourth-order valence-corrected chi connectivity index (χ4v) is 2.15. The smallest absolute Gasteiger partial charge is 0.272 e. The molecule has 2 aromatic carbocycles. The maximum atomic E-state index is 13.2. The fraction of sp³-hybridized carbons (Fsp3) is 0.188. The number of nitro groups is 1. The van der Waals surface area contributed by atoms with E-state index in [4.69, 9.17) is 0 Å². The summed E-state index contributed by atoms with van der Waals surface area (Å²) in [5.74, 6) is -2.41. The molecule has 1 atom stereocenters. The lowest BCUT2D eigenvalue weighted by Gasteiger charge is -2.15. The molecule has 7 heteroatoms. The number of carbonyl (C=O) groups is 1. The van der Waals surface area contributed by atoms with Crippen LogP contribution in [0.3, 0.4) is 0 Å². The van der Waals surface area contributed by atoms with Gasteiger partial charge < -0.3 is 5.32 Å². The Labute approximate surface area is 131 Å². The Kier molecular flexibility index (Phi) is 4.68. The molecule has 120 valence electrons. The molecule has 2 rings (SSSR count). The standard InChI is InChI=1S/C16H14F2N2O3/c1-9-7-12(4-6-15(9)20(22)23)16(21)19-10(2)11-3-5-13(17)14(18)8-11/h3-8,10H,1-2H3,(H,19,21). The molecule has 0 fully saturated rings. The predicted molar refractivity (Wildman–Crippen MR) is 80.1 cm³/mol. The molecule has 0 aromatic heterocycles. The third-order valence-electron chi connectivity index (χ3n) is 3.45. The van der Waals surface area contributed by atoms with E-state index < -0.39 is 28.5 Å². The van der Waals surface area contributed by atoms with Crippen LogP contribution in [0.4, 0.5) is 14.5 Å². The van der Waals surface area contributed by atoms with Crippen LogP contribution in [0.25, 0.3) is 0 Å². The van der Waals surface area contributed by atoms with E-state index in [0.717, 1.165) is 12.1 Å². The quantitative estimate of drug-likeness (QED) is 0.690. The molecule has 0 aliphatic heterocycles. The van der Waals surface area contributed by atoms with E-state index in [1.54, 1.807) is 6.92 Å². The van der Waals surface area contributed by atoms with Crippen LogP contribution in [-0.4, -0.2) is 10.8 Å². The second kappa shape index (κ2) is 6.51. The number of amides is 1. The Bertz CT molecular complexity index is 778. The summed E-state index contributed by atoms with van der Waals surface area (Å²) in [7, 11) is 0.